The molecular weight excluding hydrogens is 936 g/mol. The third-order valence-electron chi connectivity index (χ3n) is 21.8. The molecule has 0 unspecified atom stereocenters. The average Bonchev–Trinajstić information content (AvgIpc) is 4.15. The molecule has 0 spiro atoms. The summed E-state index contributed by atoms with van der Waals surface area (Å²) in [6.45, 7) is 7.06. The van der Waals surface area contributed by atoms with Crippen molar-refractivity contribution in [2.75, 3.05) is 4.90 Å². The van der Waals surface area contributed by atoms with Gasteiger partial charge in [-0.05, 0) is 245 Å². The van der Waals surface area contributed by atoms with E-state index < -0.39 is 0 Å². The second-order valence-corrected chi connectivity index (χ2v) is 28.4. The molecule has 2 aromatic heterocycles. The number of hydrogen-bond acceptors (Lipinski definition) is 2. The van der Waals surface area contributed by atoms with Gasteiger partial charge in [0, 0.05) is 64.5 Å². The lowest BCUT2D eigenvalue weighted by Crippen LogP contribution is -2.56. The molecule has 0 atom stereocenters. The molecule has 0 radical (unpaired) electrons. The number of anilines is 3. The maximum atomic E-state index is 2.90. The molecule has 2 aliphatic heterocycles. The molecular formula is C72H65BN2S. The largest absolute Gasteiger partial charge is 0.375 e. The summed E-state index contributed by atoms with van der Waals surface area (Å²) < 4.78 is 5.63. The fourth-order valence-electron chi connectivity index (χ4n) is 19.4. The van der Waals surface area contributed by atoms with Crippen LogP contribution in [0.3, 0.4) is 0 Å². The van der Waals surface area contributed by atoms with Crippen molar-refractivity contribution in [3.8, 4) is 33.4 Å². The Kier molecular flexibility index (Phi) is 8.76. The van der Waals surface area contributed by atoms with Gasteiger partial charge >= 0.3 is 6.85 Å². The average molecular weight is 1000 g/mol. The number of nitrogens with zero attached hydrogens (tertiary/aromatic N) is 2. The molecule has 0 amide bonds. The molecule has 8 saturated carbocycles. The molecule has 20 rings (SSSR count). The van der Waals surface area contributed by atoms with Gasteiger partial charge in [0.2, 0.25) is 0 Å². The van der Waals surface area contributed by atoms with Crippen LogP contribution in [0.4, 0.5) is 17.1 Å². The highest BCUT2D eigenvalue weighted by atomic mass is 32.1. The maximum Gasteiger partial charge on any atom is 0.333 e. The molecule has 8 aliphatic carbocycles. The number of benzene rings is 8. The van der Waals surface area contributed by atoms with Gasteiger partial charge in [-0.25, -0.2) is 0 Å². The van der Waals surface area contributed by atoms with Gasteiger partial charge in [0.1, 0.15) is 0 Å². The van der Waals surface area contributed by atoms with E-state index in [4.69, 9.17) is 0 Å². The number of hydrogen-bond donors (Lipinski definition) is 0. The number of rotatable bonds is 5. The summed E-state index contributed by atoms with van der Waals surface area (Å²) in [5.41, 5.74) is 22.7. The minimum atomic E-state index is -0.0204. The molecule has 0 N–H and O–H groups in total. The van der Waals surface area contributed by atoms with Crippen molar-refractivity contribution in [2.24, 2.45) is 35.5 Å². The van der Waals surface area contributed by atoms with E-state index in [-0.39, 0.29) is 17.7 Å². The summed E-state index contributed by atoms with van der Waals surface area (Å²) in [6.07, 6.45) is 17.1. The Morgan fingerprint density at radius 1 is 0.447 bits per heavy atom. The number of fused-ring (bicyclic) bond motifs is 10. The van der Waals surface area contributed by atoms with Crippen molar-refractivity contribution in [1.82, 2.24) is 4.48 Å². The van der Waals surface area contributed by atoms with Crippen LogP contribution >= 0.6 is 11.3 Å². The quantitative estimate of drug-likeness (QED) is 0.156. The third kappa shape index (κ3) is 6.06. The fraction of sp³-hybridized carbons (Fsp3) is 0.333. The van der Waals surface area contributed by atoms with E-state index >= 15 is 0 Å². The Labute approximate surface area is 452 Å². The van der Waals surface area contributed by atoms with Crippen LogP contribution in [0.25, 0.3) is 75.4 Å². The topological polar surface area (TPSA) is 8.17 Å². The lowest BCUT2D eigenvalue weighted by atomic mass is 9.44. The standard InChI is InChI=1S/C72H65BN2S/c1-70(2,3)51-18-20-62(55(30-51)49-14-8-5-9-15-49)74-64-34-57-54-16-10-11-17-66(54)76-67(57)35-61(64)73-68-58(28-50(29-65(68)74)48-12-6-4-7-13-48)60-33-53(72-39-45-25-46(40-72)27-47(26-45)41-72)32-59-56-31-52(19-21-63(56)75(73)69(59)60)71-36-42-22-43(37-71)24-44(23-42)38-71/h4-21,28-35,42-47H,22-27,36-41H2,1-3H3. The molecule has 8 aromatic carbocycles. The molecule has 2 nitrogen and oxygen atoms in total. The van der Waals surface area contributed by atoms with E-state index in [9.17, 15) is 0 Å². The van der Waals surface area contributed by atoms with Crippen LogP contribution in [0.1, 0.15) is 115 Å². The molecule has 4 heterocycles. The first-order valence-corrected chi connectivity index (χ1v) is 30.2. The van der Waals surface area contributed by atoms with Crippen molar-refractivity contribution in [3.63, 3.8) is 0 Å². The van der Waals surface area contributed by atoms with Crippen LogP contribution in [-0.4, -0.2) is 11.3 Å². The van der Waals surface area contributed by atoms with Crippen LogP contribution in [0.5, 0.6) is 0 Å². The van der Waals surface area contributed by atoms with E-state index in [1.807, 2.05) is 11.3 Å². The van der Waals surface area contributed by atoms with Gasteiger partial charge in [-0.3, -0.25) is 0 Å². The highest BCUT2D eigenvalue weighted by Gasteiger charge is 2.54. The van der Waals surface area contributed by atoms with Gasteiger partial charge in [-0.1, -0.05) is 112 Å². The molecule has 4 heteroatoms. The molecule has 10 aromatic rings. The summed E-state index contributed by atoms with van der Waals surface area (Å²) in [6, 6.07) is 63.3. The zero-order valence-corrected chi connectivity index (χ0v) is 45.2. The van der Waals surface area contributed by atoms with Crippen molar-refractivity contribution in [3.05, 3.63) is 174 Å². The van der Waals surface area contributed by atoms with Crippen molar-refractivity contribution in [2.45, 2.75) is 114 Å². The summed E-state index contributed by atoms with van der Waals surface area (Å²) in [5, 5.41) is 5.71. The highest BCUT2D eigenvalue weighted by molar-refractivity contribution is 7.26. The lowest BCUT2D eigenvalue weighted by molar-refractivity contribution is -0.00527. The predicted octanol–water partition coefficient (Wildman–Crippen LogP) is 18.1. The van der Waals surface area contributed by atoms with E-state index in [2.05, 4.69) is 188 Å². The van der Waals surface area contributed by atoms with Crippen LogP contribution in [0.2, 0.25) is 0 Å². The Hall–Kier alpha value is -6.36. The molecule has 76 heavy (non-hydrogen) atoms. The van der Waals surface area contributed by atoms with Gasteiger partial charge in [0.15, 0.2) is 0 Å². The van der Waals surface area contributed by atoms with Gasteiger partial charge in [0.05, 0.1) is 5.69 Å². The van der Waals surface area contributed by atoms with Crippen molar-refractivity contribution in [1.29, 1.82) is 0 Å². The number of aromatic nitrogens is 1. The van der Waals surface area contributed by atoms with Gasteiger partial charge in [0.25, 0.3) is 0 Å². The normalized spacial score (nSPS) is 27.4. The number of thiophene rings is 1. The Bertz CT molecular complexity index is 4060. The van der Waals surface area contributed by atoms with Crippen LogP contribution in [0.15, 0.2) is 158 Å². The highest BCUT2D eigenvalue weighted by Crippen LogP contribution is 2.64. The minimum absolute atomic E-state index is 0.0182. The Morgan fingerprint density at radius 3 is 1.74 bits per heavy atom. The minimum Gasteiger partial charge on any atom is -0.375 e. The molecule has 8 fully saturated rings. The molecule has 372 valence electrons. The molecule has 8 bridgehead atoms. The Balaban J connectivity index is 0.979. The molecule has 0 saturated heterocycles. The van der Waals surface area contributed by atoms with Crippen molar-refractivity contribution >= 4 is 88.2 Å². The van der Waals surface area contributed by atoms with Crippen molar-refractivity contribution < 1.29 is 0 Å². The maximum absolute atomic E-state index is 2.90. The van der Waals surface area contributed by atoms with Crippen LogP contribution in [0, 0.1) is 35.5 Å². The van der Waals surface area contributed by atoms with E-state index in [0.717, 1.165) is 35.5 Å². The first kappa shape index (κ1) is 43.7. The van der Waals surface area contributed by atoms with Gasteiger partial charge in [-0.2, -0.15) is 0 Å². The first-order chi connectivity index (χ1) is 37.1. The SMILES string of the molecule is CC(C)(C)c1ccc(N2c3cc4c(cc3B3c5c(cc(-c6ccccc6)cc52)-c2cc(C56CC7CC(CC(C7)C5)C6)cc5c6cc(C78CC9CC(CC(C9)C7)C8)ccc6n3c25)sc2ccccc24)c(-c2ccccc2)c1. The second kappa shape index (κ2) is 15.2. The van der Waals surface area contributed by atoms with E-state index in [1.165, 1.54) is 186 Å². The first-order valence-electron chi connectivity index (χ1n) is 29.4. The van der Waals surface area contributed by atoms with Gasteiger partial charge in [-0.15, -0.1) is 11.3 Å². The van der Waals surface area contributed by atoms with Crippen LogP contribution < -0.4 is 15.8 Å². The summed E-state index contributed by atoms with van der Waals surface area (Å²) in [5.74, 6) is 5.35. The fourth-order valence-corrected chi connectivity index (χ4v) is 20.5. The smallest absolute Gasteiger partial charge is 0.333 e. The zero-order valence-electron chi connectivity index (χ0n) is 44.3. The molecule has 10 aliphatic rings. The summed E-state index contributed by atoms with van der Waals surface area (Å²) in [4.78, 5) is 2.74. The summed E-state index contributed by atoms with van der Waals surface area (Å²) >= 11 is 1.97. The van der Waals surface area contributed by atoms with E-state index in [1.54, 1.807) is 11.1 Å². The lowest BCUT2D eigenvalue weighted by Gasteiger charge is -2.57. The monoisotopic (exact) mass is 1000 g/mol. The van der Waals surface area contributed by atoms with Crippen LogP contribution in [-0.2, 0) is 16.2 Å². The van der Waals surface area contributed by atoms with Gasteiger partial charge < -0.3 is 9.38 Å². The predicted molar refractivity (Wildman–Crippen MR) is 322 cm³/mol. The third-order valence-corrected chi connectivity index (χ3v) is 22.9. The zero-order chi connectivity index (χ0) is 50.0. The Morgan fingerprint density at radius 2 is 1.07 bits per heavy atom. The second-order valence-electron chi connectivity index (χ2n) is 27.3. The van der Waals surface area contributed by atoms with E-state index in [0.29, 0.717) is 5.41 Å². The summed E-state index contributed by atoms with van der Waals surface area (Å²) in [7, 11) is 0.